The molecule has 0 atom stereocenters. The van der Waals surface area contributed by atoms with E-state index >= 15 is 0 Å². The number of carbonyl (C=O) groups excluding carboxylic acids is 1. The van der Waals surface area contributed by atoms with Crippen LogP contribution in [0.15, 0.2) is 60.7 Å². The first kappa shape index (κ1) is 21.5. The average Bonchev–Trinajstić information content (AvgIpc) is 2.56. The summed E-state index contributed by atoms with van der Waals surface area (Å²) in [6.45, 7) is 3.06. The topological polar surface area (TPSA) is 29.1 Å². The van der Waals surface area contributed by atoms with Crippen molar-refractivity contribution in [2.45, 2.75) is 31.6 Å². The van der Waals surface area contributed by atoms with Crippen LogP contribution in [0.2, 0.25) is 0 Å². The lowest BCUT2D eigenvalue weighted by Crippen LogP contribution is -2.24. The van der Waals surface area contributed by atoms with E-state index in [9.17, 15) is 4.79 Å². The molecular weight excluding hydrogens is 329 g/mol. The first-order valence-electron chi connectivity index (χ1n) is 7.55. The van der Waals surface area contributed by atoms with Crippen LogP contribution in [0.4, 0.5) is 0 Å². The predicted molar refractivity (Wildman–Crippen MR) is 102 cm³/mol. The molecule has 0 aliphatic carbocycles. The number of hydrogen-bond acceptors (Lipinski definition) is 1. The van der Waals surface area contributed by atoms with E-state index in [1.807, 2.05) is 0 Å². The molecule has 0 saturated carbocycles. The van der Waals surface area contributed by atoms with Crippen molar-refractivity contribution in [3.05, 3.63) is 71.8 Å². The molecule has 2 nitrogen and oxygen atoms in total. The molecule has 0 aliphatic heterocycles. The zero-order valence-electron chi connectivity index (χ0n) is 13.4. The van der Waals surface area contributed by atoms with Crippen molar-refractivity contribution in [2.24, 2.45) is 0 Å². The van der Waals surface area contributed by atoms with E-state index in [-0.39, 0.29) is 30.2 Å². The third kappa shape index (κ3) is 5.89. The molecule has 0 spiro atoms. The molecule has 2 aromatic rings. The second kappa shape index (κ2) is 11.1. The van der Waals surface area contributed by atoms with Crippen molar-refractivity contribution in [1.82, 2.24) is 5.32 Å². The van der Waals surface area contributed by atoms with Gasteiger partial charge in [-0.2, -0.15) is 0 Å². The monoisotopic (exact) mass is 353 g/mol. The van der Waals surface area contributed by atoms with Gasteiger partial charge in [-0.1, -0.05) is 74.0 Å². The van der Waals surface area contributed by atoms with E-state index in [2.05, 4.69) is 72.9 Å². The molecular formula is C19H25Cl2NO. The summed E-state index contributed by atoms with van der Waals surface area (Å²) in [5.41, 5.74) is 2.71. The van der Waals surface area contributed by atoms with Gasteiger partial charge in [-0.15, -0.1) is 24.8 Å². The molecule has 126 valence electrons. The summed E-state index contributed by atoms with van der Waals surface area (Å²) in [6, 6.07) is 21.3. The number of rotatable bonds is 8. The minimum atomic E-state index is 0. The summed E-state index contributed by atoms with van der Waals surface area (Å²) in [6.07, 6.45) is 3.93. The van der Waals surface area contributed by atoms with Gasteiger partial charge >= 0.3 is 0 Å². The van der Waals surface area contributed by atoms with Gasteiger partial charge in [-0.25, -0.2) is 0 Å². The van der Waals surface area contributed by atoms with Crippen LogP contribution in [0.25, 0.3) is 0 Å². The Hall–Kier alpha value is -1.51. The average molecular weight is 354 g/mol. The lowest BCUT2D eigenvalue weighted by molar-refractivity contribution is -0.109. The minimum absolute atomic E-state index is 0. The van der Waals surface area contributed by atoms with Gasteiger partial charge in [-0.3, -0.25) is 4.79 Å². The molecule has 23 heavy (non-hydrogen) atoms. The van der Waals surface area contributed by atoms with Gasteiger partial charge in [0.2, 0.25) is 6.41 Å². The van der Waals surface area contributed by atoms with Crippen molar-refractivity contribution in [3.63, 3.8) is 0 Å². The van der Waals surface area contributed by atoms with Gasteiger partial charge in [0.05, 0.1) is 0 Å². The quantitative estimate of drug-likeness (QED) is 0.538. The lowest BCUT2D eigenvalue weighted by atomic mass is 9.73. The second-order valence-electron chi connectivity index (χ2n) is 5.59. The van der Waals surface area contributed by atoms with Crippen molar-refractivity contribution in [2.75, 3.05) is 6.54 Å². The van der Waals surface area contributed by atoms with Gasteiger partial charge in [-0.05, 0) is 24.0 Å². The molecule has 1 N–H and O–H groups in total. The van der Waals surface area contributed by atoms with Crippen LogP contribution in [0.3, 0.4) is 0 Å². The van der Waals surface area contributed by atoms with E-state index in [0.29, 0.717) is 0 Å². The van der Waals surface area contributed by atoms with Crippen LogP contribution in [0, 0.1) is 0 Å². The van der Waals surface area contributed by atoms with E-state index in [1.54, 1.807) is 0 Å². The van der Waals surface area contributed by atoms with Crippen molar-refractivity contribution in [1.29, 1.82) is 0 Å². The molecule has 0 fully saturated rings. The SMILES string of the molecule is CC(CCCCNC=O)(c1ccccc1)c1ccccc1.Cl.Cl. The molecule has 4 heteroatoms. The van der Waals surface area contributed by atoms with E-state index < -0.39 is 0 Å². The summed E-state index contributed by atoms with van der Waals surface area (Å²) in [5, 5.41) is 2.73. The fourth-order valence-electron chi connectivity index (χ4n) is 2.83. The zero-order valence-corrected chi connectivity index (χ0v) is 15.0. The van der Waals surface area contributed by atoms with Crippen molar-refractivity contribution >= 4 is 31.2 Å². The van der Waals surface area contributed by atoms with Crippen LogP contribution in [0.1, 0.15) is 37.3 Å². The summed E-state index contributed by atoms with van der Waals surface area (Å²) in [7, 11) is 0. The Morgan fingerprint density at radius 1 is 0.870 bits per heavy atom. The smallest absolute Gasteiger partial charge is 0.207 e. The highest BCUT2D eigenvalue weighted by atomic mass is 35.5. The van der Waals surface area contributed by atoms with Crippen LogP contribution < -0.4 is 5.32 Å². The van der Waals surface area contributed by atoms with Gasteiger partial charge < -0.3 is 5.32 Å². The molecule has 0 heterocycles. The molecule has 2 rings (SSSR count). The fraction of sp³-hybridized carbons (Fsp3) is 0.316. The molecule has 0 unspecified atom stereocenters. The van der Waals surface area contributed by atoms with Crippen LogP contribution in [-0.4, -0.2) is 13.0 Å². The fourth-order valence-corrected chi connectivity index (χ4v) is 2.83. The Kier molecular flexibility index (Phi) is 10.4. The van der Waals surface area contributed by atoms with Crippen molar-refractivity contribution < 1.29 is 4.79 Å². The Morgan fingerprint density at radius 2 is 1.35 bits per heavy atom. The van der Waals surface area contributed by atoms with Crippen molar-refractivity contribution in [3.8, 4) is 0 Å². The Bertz CT molecular complexity index is 506. The predicted octanol–water partition coefficient (Wildman–Crippen LogP) is 4.75. The molecule has 0 aromatic heterocycles. The summed E-state index contributed by atoms with van der Waals surface area (Å²) in [5.74, 6) is 0. The van der Waals surface area contributed by atoms with E-state index in [4.69, 9.17) is 0 Å². The highest BCUT2D eigenvalue weighted by Gasteiger charge is 2.27. The number of unbranched alkanes of at least 4 members (excludes halogenated alkanes) is 1. The molecule has 0 aliphatic rings. The normalized spacial score (nSPS) is 10.1. The minimum Gasteiger partial charge on any atom is -0.359 e. The second-order valence-corrected chi connectivity index (χ2v) is 5.59. The number of nitrogens with one attached hydrogen (secondary N) is 1. The summed E-state index contributed by atoms with van der Waals surface area (Å²) in [4.78, 5) is 10.3. The Labute approximate surface area is 151 Å². The third-order valence-electron chi connectivity index (χ3n) is 4.15. The summed E-state index contributed by atoms with van der Waals surface area (Å²) < 4.78 is 0. The van der Waals surface area contributed by atoms with Crippen LogP contribution >= 0.6 is 24.8 Å². The zero-order chi connectivity index (χ0) is 15.0. The van der Waals surface area contributed by atoms with Crippen LogP contribution in [-0.2, 0) is 10.2 Å². The van der Waals surface area contributed by atoms with Gasteiger partial charge in [0.1, 0.15) is 0 Å². The number of halogens is 2. The maximum absolute atomic E-state index is 10.3. The number of hydrogen-bond donors (Lipinski definition) is 1. The molecule has 0 saturated heterocycles. The highest BCUT2D eigenvalue weighted by molar-refractivity contribution is 5.85. The molecule has 0 radical (unpaired) electrons. The van der Waals surface area contributed by atoms with E-state index in [0.717, 1.165) is 32.2 Å². The lowest BCUT2D eigenvalue weighted by Gasteiger charge is -2.31. The summed E-state index contributed by atoms with van der Waals surface area (Å²) >= 11 is 0. The maximum Gasteiger partial charge on any atom is 0.207 e. The molecule has 0 bridgehead atoms. The number of benzene rings is 2. The number of carbonyl (C=O) groups is 1. The highest BCUT2D eigenvalue weighted by Crippen LogP contribution is 2.36. The molecule has 1 amide bonds. The third-order valence-corrected chi connectivity index (χ3v) is 4.15. The Balaban J connectivity index is 0.00000242. The largest absolute Gasteiger partial charge is 0.359 e. The van der Waals surface area contributed by atoms with Gasteiger partial charge in [0, 0.05) is 12.0 Å². The first-order chi connectivity index (χ1) is 10.3. The van der Waals surface area contributed by atoms with Gasteiger partial charge in [0.25, 0.3) is 0 Å². The molecule has 2 aromatic carbocycles. The number of amides is 1. The Morgan fingerprint density at radius 3 is 1.78 bits per heavy atom. The van der Waals surface area contributed by atoms with Gasteiger partial charge in [0.15, 0.2) is 0 Å². The van der Waals surface area contributed by atoms with Crippen LogP contribution in [0.5, 0.6) is 0 Å². The standard InChI is InChI=1S/C19H23NO.2ClH/c1-19(14-8-9-15-20-16-21,17-10-4-2-5-11-17)18-12-6-3-7-13-18;;/h2-7,10-13,16H,8-9,14-15H2,1H3,(H,20,21);2*1H. The maximum atomic E-state index is 10.3. The first-order valence-corrected chi connectivity index (χ1v) is 7.55. The van der Waals surface area contributed by atoms with E-state index in [1.165, 1.54) is 11.1 Å².